The molecule has 2 atom stereocenters. The van der Waals surface area contributed by atoms with Gasteiger partial charge in [0.15, 0.2) is 0 Å². The Morgan fingerprint density at radius 2 is 2.07 bits per heavy atom. The summed E-state index contributed by atoms with van der Waals surface area (Å²) in [5.41, 5.74) is 2.55. The Bertz CT molecular complexity index is 376. The smallest absolute Gasteiger partial charge is 0.0455 e. The minimum Gasteiger partial charge on any atom is -0.0843 e. The lowest BCUT2D eigenvalue weighted by Gasteiger charge is -2.13. The Kier molecular flexibility index (Phi) is 3.64. The van der Waals surface area contributed by atoms with Gasteiger partial charge in [-0.25, -0.2) is 0 Å². The molecule has 0 aromatic heterocycles. The third kappa shape index (κ3) is 2.51. The van der Waals surface area contributed by atoms with Crippen molar-refractivity contribution in [3.63, 3.8) is 0 Å². The van der Waals surface area contributed by atoms with Crippen molar-refractivity contribution in [2.24, 2.45) is 5.92 Å². The highest BCUT2D eigenvalue weighted by Gasteiger charge is 2.22. The van der Waals surface area contributed by atoms with Crippen LogP contribution in [0.25, 0.3) is 0 Å². The Hall–Kier alpha value is 0.280. The average Bonchev–Trinajstić information content (AvgIpc) is 2.27. The minimum absolute atomic E-state index is 0.390. The van der Waals surface area contributed by atoms with Crippen molar-refractivity contribution in [3.8, 4) is 0 Å². The lowest BCUT2D eigenvalue weighted by molar-refractivity contribution is 0.508. The van der Waals surface area contributed by atoms with Crippen LogP contribution in [0.15, 0.2) is 12.1 Å². The van der Waals surface area contributed by atoms with E-state index < -0.39 is 0 Å². The zero-order chi connectivity index (χ0) is 11.0. The van der Waals surface area contributed by atoms with Crippen molar-refractivity contribution < 1.29 is 0 Å². The fourth-order valence-corrected chi connectivity index (χ4v) is 3.81. The van der Waals surface area contributed by atoms with Crippen LogP contribution in [-0.2, 0) is 6.42 Å². The van der Waals surface area contributed by atoms with Crippen molar-refractivity contribution in [2.75, 3.05) is 0 Å². The lowest BCUT2D eigenvalue weighted by Crippen LogP contribution is -1.96. The molecular formula is C12H13BrCl2. The van der Waals surface area contributed by atoms with Gasteiger partial charge in [-0.2, -0.15) is 0 Å². The molecular weight excluding hydrogens is 295 g/mol. The van der Waals surface area contributed by atoms with E-state index >= 15 is 0 Å². The van der Waals surface area contributed by atoms with E-state index in [1.54, 1.807) is 0 Å². The van der Waals surface area contributed by atoms with E-state index in [0.717, 1.165) is 28.8 Å². The van der Waals surface area contributed by atoms with Gasteiger partial charge in [-0.1, -0.05) is 46.1 Å². The summed E-state index contributed by atoms with van der Waals surface area (Å²) in [5, 5.41) is 1.55. The number of hydrogen-bond donors (Lipinski definition) is 0. The highest BCUT2D eigenvalue weighted by atomic mass is 79.9. The molecule has 1 aromatic carbocycles. The Balaban J connectivity index is 2.48. The van der Waals surface area contributed by atoms with Gasteiger partial charge in [0.25, 0.3) is 0 Å². The molecule has 15 heavy (non-hydrogen) atoms. The van der Waals surface area contributed by atoms with Crippen molar-refractivity contribution in [2.45, 2.75) is 31.0 Å². The van der Waals surface area contributed by atoms with E-state index in [-0.39, 0.29) is 0 Å². The summed E-state index contributed by atoms with van der Waals surface area (Å²) in [5.74, 6) is 0.733. The van der Waals surface area contributed by atoms with E-state index in [1.807, 2.05) is 12.1 Å². The van der Waals surface area contributed by atoms with E-state index in [0.29, 0.717) is 4.83 Å². The first kappa shape index (κ1) is 11.8. The molecule has 3 heteroatoms. The first-order valence-electron chi connectivity index (χ1n) is 5.20. The average molecular weight is 308 g/mol. The number of rotatable bonds is 0. The quantitative estimate of drug-likeness (QED) is 0.444. The van der Waals surface area contributed by atoms with Crippen LogP contribution in [0.2, 0.25) is 10.0 Å². The summed E-state index contributed by atoms with van der Waals surface area (Å²) in [7, 11) is 0. The molecule has 0 amide bonds. The summed E-state index contributed by atoms with van der Waals surface area (Å²) in [6.07, 6.45) is 3.43. The maximum absolute atomic E-state index is 6.23. The highest BCUT2D eigenvalue weighted by Crippen LogP contribution is 2.41. The van der Waals surface area contributed by atoms with Gasteiger partial charge in [0, 0.05) is 14.9 Å². The van der Waals surface area contributed by atoms with Crippen LogP contribution in [-0.4, -0.2) is 0 Å². The Labute approximate surface area is 109 Å². The third-order valence-electron chi connectivity index (χ3n) is 3.03. The number of benzene rings is 1. The predicted molar refractivity (Wildman–Crippen MR) is 70.2 cm³/mol. The SMILES string of the molecule is CC1CCc2c(Cl)cc(Cl)cc2C(Br)C1. The van der Waals surface area contributed by atoms with Gasteiger partial charge >= 0.3 is 0 Å². The molecule has 82 valence electrons. The maximum atomic E-state index is 6.23. The van der Waals surface area contributed by atoms with Crippen LogP contribution >= 0.6 is 39.1 Å². The van der Waals surface area contributed by atoms with E-state index in [2.05, 4.69) is 22.9 Å². The first-order chi connectivity index (χ1) is 7.08. The monoisotopic (exact) mass is 306 g/mol. The van der Waals surface area contributed by atoms with Crippen LogP contribution < -0.4 is 0 Å². The molecule has 2 rings (SSSR count). The molecule has 1 aromatic rings. The summed E-state index contributed by atoms with van der Waals surface area (Å²) in [4.78, 5) is 0.390. The molecule has 0 radical (unpaired) electrons. The summed E-state index contributed by atoms with van der Waals surface area (Å²) >= 11 is 16.0. The van der Waals surface area contributed by atoms with Gasteiger partial charge in [0.05, 0.1) is 0 Å². The van der Waals surface area contributed by atoms with Crippen LogP contribution in [0.3, 0.4) is 0 Å². The normalized spacial score (nSPS) is 25.9. The molecule has 0 fully saturated rings. The fourth-order valence-electron chi connectivity index (χ4n) is 2.16. The number of alkyl halides is 1. The molecule has 0 N–H and O–H groups in total. The molecule has 0 heterocycles. The molecule has 2 unspecified atom stereocenters. The standard InChI is InChI=1S/C12H13BrCl2/c1-7-2-3-9-10(11(13)4-7)5-8(14)6-12(9)15/h5-7,11H,2-4H2,1H3. The molecule has 0 spiro atoms. The van der Waals surface area contributed by atoms with E-state index in [1.165, 1.54) is 17.5 Å². The zero-order valence-corrected chi connectivity index (χ0v) is 11.7. The predicted octanol–water partition coefficient (Wildman–Crippen LogP) is 5.40. The van der Waals surface area contributed by atoms with Gasteiger partial charge in [-0.3, -0.25) is 0 Å². The Morgan fingerprint density at radius 1 is 1.33 bits per heavy atom. The molecule has 0 saturated heterocycles. The maximum Gasteiger partial charge on any atom is 0.0455 e. The molecule has 0 saturated carbocycles. The van der Waals surface area contributed by atoms with Crippen LogP contribution in [0.5, 0.6) is 0 Å². The summed E-state index contributed by atoms with van der Waals surface area (Å²) < 4.78 is 0. The molecule has 0 aliphatic heterocycles. The van der Waals surface area contributed by atoms with Gasteiger partial charge in [0.1, 0.15) is 0 Å². The third-order valence-corrected chi connectivity index (χ3v) is 4.45. The van der Waals surface area contributed by atoms with Crippen molar-refractivity contribution in [1.82, 2.24) is 0 Å². The highest BCUT2D eigenvalue weighted by molar-refractivity contribution is 9.09. The number of hydrogen-bond acceptors (Lipinski definition) is 0. The molecule has 1 aliphatic carbocycles. The van der Waals surface area contributed by atoms with Crippen LogP contribution in [0, 0.1) is 5.92 Å². The number of fused-ring (bicyclic) bond motifs is 1. The first-order valence-corrected chi connectivity index (χ1v) is 6.87. The minimum atomic E-state index is 0.390. The topological polar surface area (TPSA) is 0 Å². The molecule has 0 bridgehead atoms. The zero-order valence-electron chi connectivity index (χ0n) is 8.56. The van der Waals surface area contributed by atoms with E-state index in [9.17, 15) is 0 Å². The second-order valence-electron chi connectivity index (χ2n) is 4.30. The van der Waals surface area contributed by atoms with Gasteiger partial charge < -0.3 is 0 Å². The van der Waals surface area contributed by atoms with Gasteiger partial charge in [-0.15, -0.1) is 0 Å². The summed E-state index contributed by atoms with van der Waals surface area (Å²) in [6.45, 7) is 2.29. The van der Waals surface area contributed by atoms with Crippen molar-refractivity contribution >= 4 is 39.1 Å². The summed E-state index contributed by atoms with van der Waals surface area (Å²) in [6, 6.07) is 3.89. The van der Waals surface area contributed by atoms with Crippen molar-refractivity contribution in [1.29, 1.82) is 0 Å². The van der Waals surface area contributed by atoms with Crippen LogP contribution in [0.1, 0.15) is 35.7 Å². The molecule has 1 aliphatic rings. The van der Waals surface area contributed by atoms with Crippen LogP contribution in [0.4, 0.5) is 0 Å². The number of halogens is 3. The largest absolute Gasteiger partial charge is 0.0843 e. The van der Waals surface area contributed by atoms with Crippen molar-refractivity contribution in [3.05, 3.63) is 33.3 Å². The molecule has 0 nitrogen and oxygen atoms in total. The van der Waals surface area contributed by atoms with Gasteiger partial charge in [0.2, 0.25) is 0 Å². The van der Waals surface area contributed by atoms with Gasteiger partial charge in [-0.05, 0) is 48.4 Å². The second kappa shape index (κ2) is 4.65. The lowest BCUT2D eigenvalue weighted by atomic mass is 10.0. The Morgan fingerprint density at radius 3 is 2.80 bits per heavy atom. The second-order valence-corrected chi connectivity index (χ2v) is 6.25. The van der Waals surface area contributed by atoms with E-state index in [4.69, 9.17) is 23.2 Å². The fraction of sp³-hybridized carbons (Fsp3) is 0.500.